The molecule has 1 N–H and O–H groups in total. The van der Waals surface area contributed by atoms with Crippen LogP contribution in [-0.4, -0.2) is 15.7 Å². The van der Waals surface area contributed by atoms with Crippen LogP contribution in [0.1, 0.15) is 38.8 Å². The number of rotatable bonds is 7. The van der Waals surface area contributed by atoms with Crippen LogP contribution in [0.4, 0.5) is 5.69 Å². The molecule has 0 saturated heterocycles. The summed E-state index contributed by atoms with van der Waals surface area (Å²) < 4.78 is 13.3. The molecule has 2 aromatic carbocycles. The second-order valence-electron chi connectivity index (χ2n) is 7.61. The quantitative estimate of drug-likeness (QED) is 0.446. The fraction of sp³-hybridized carbons (Fsp3) is 0.200. The zero-order valence-electron chi connectivity index (χ0n) is 17.9. The maximum Gasteiger partial charge on any atom is 0.291 e. The maximum absolute atomic E-state index is 12.6. The van der Waals surface area contributed by atoms with Crippen LogP contribution in [0.2, 0.25) is 0 Å². The molecule has 0 aliphatic carbocycles. The molecular weight excluding hydrogens is 390 g/mol. The second kappa shape index (κ2) is 8.92. The van der Waals surface area contributed by atoms with Gasteiger partial charge in [0.1, 0.15) is 18.1 Å². The van der Waals surface area contributed by atoms with Crippen LogP contribution >= 0.6 is 0 Å². The lowest BCUT2D eigenvalue weighted by molar-refractivity contribution is 0.0992. The summed E-state index contributed by atoms with van der Waals surface area (Å²) in [4.78, 5) is 12.6. The van der Waals surface area contributed by atoms with E-state index in [1.165, 1.54) is 0 Å². The van der Waals surface area contributed by atoms with Crippen LogP contribution in [-0.2, 0) is 13.2 Å². The van der Waals surface area contributed by atoms with E-state index in [4.69, 9.17) is 9.15 Å². The number of furan rings is 1. The first kappa shape index (κ1) is 20.5. The molecule has 2 aromatic heterocycles. The van der Waals surface area contributed by atoms with Crippen molar-refractivity contribution in [1.82, 2.24) is 9.78 Å². The summed E-state index contributed by atoms with van der Waals surface area (Å²) in [6, 6.07) is 21.0. The third-order valence-electron chi connectivity index (χ3n) is 4.88. The molecule has 6 heteroatoms. The van der Waals surface area contributed by atoms with E-state index in [9.17, 15) is 4.79 Å². The maximum atomic E-state index is 12.6. The molecule has 0 aliphatic rings. The molecule has 0 unspecified atom stereocenters. The molecule has 0 bridgehead atoms. The number of amides is 1. The Morgan fingerprint density at radius 1 is 1.03 bits per heavy atom. The van der Waals surface area contributed by atoms with Crippen molar-refractivity contribution in [2.45, 2.75) is 33.9 Å². The monoisotopic (exact) mass is 415 g/mol. The SMILES string of the molecule is Cc1cccc(OCc2ccc(C(=O)Nc3cccc(Cn4nc(C)cc4C)c3)o2)c1. The van der Waals surface area contributed by atoms with Gasteiger partial charge in [0.25, 0.3) is 5.91 Å². The summed E-state index contributed by atoms with van der Waals surface area (Å²) in [5.41, 5.74) is 4.97. The lowest BCUT2D eigenvalue weighted by Crippen LogP contribution is -2.11. The van der Waals surface area contributed by atoms with Crippen LogP contribution in [0.15, 0.2) is 71.1 Å². The van der Waals surface area contributed by atoms with Crippen molar-refractivity contribution in [3.8, 4) is 5.75 Å². The number of hydrogen-bond acceptors (Lipinski definition) is 4. The normalized spacial score (nSPS) is 10.8. The van der Waals surface area contributed by atoms with Gasteiger partial charge in [-0.1, -0.05) is 24.3 Å². The summed E-state index contributed by atoms with van der Waals surface area (Å²) in [5.74, 6) is 1.30. The molecule has 31 heavy (non-hydrogen) atoms. The van der Waals surface area contributed by atoms with Crippen molar-refractivity contribution < 1.29 is 13.9 Å². The Labute approximate surface area is 181 Å². The smallest absolute Gasteiger partial charge is 0.291 e. The van der Waals surface area contributed by atoms with Gasteiger partial charge < -0.3 is 14.5 Å². The topological polar surface area (TPSA) is 69.3 Å². The molecule has 4 rings (SSSR count). The van der Waals surface area contributed by atoms with Crippen LogP contribution in [0.5, 0.6) is 5.75 Å². The predicted molar refractivity (Wildman–Crippen MR) is 119 cm³/mol. The number of carbonyl (C=O) groups excluding carboxylic acids is 1. The van der Waals surface area contributed by atoms with Crippen molar-refractivity contribution in [1.29, 1.82) is 0 Å². The van der Waals surface area contributed by atoms with Crippen molar-refractivity contribution >= 4 is 11.6 Å². The standard InChI is InChI=1S/C25H25N3O3/c1-17-6-4-9-22(12-17)30-16-23-10-11-24(31-23)25(29)26-21-8-5-7-20(14-21)15-28-19(3)13-18(2)27-28/h4-14H,15-16H2,1-3H3,(H,26,29). The highest BCUT2D eigenvalue weighted by atomic mass is 16.5. The van der Waals surface area contributed by atoms with Gasteiger partial charge >= 0.3 is 0 Å². The highest BCUT2D eigenvalue weighted by Gasteiger charge is 2.12. The zero-order chi connectivity index (χ0) is 21.8. The Morgan fingerprint density at radius 3 is 2.65 bits per heavy atom. The van der Waals surface area contributed by atoms with Gasteiger partial charge in [0, 0.05) is 11.4 Å². The van der Waals surface area contributed by atoms with Gasteiger partial charge in [0.2, 0.25) is 0 Å². The van der Waals surface area contributed by atoms with Crippen molar-refractivity contribution in [2.75, 3.05) is 5.32 Å². The minimum Gasteiger partial charge on any atom is -0.486 e. The molecule has 0 atom stereocenters. The van der Waals surface area contributed by atoms with Gasteiger partial charge in [-0.25, -0.2) is 0 Å². The number of ether oxygens (including phenoxy) is 1. The van der Waals surface area contributed by atoms with E-state index in [1.54, 1.807) is 12.1 Å². The largest absolute Gasteiger partial charge is 0.486 e. The summed E-state index contributed by atoms with van der Waals surface area (Å²) >= 11 is 0. The molecule has 158 valence electrons. The highest BCUT2D eigenvalue weighted by Crippen LogP contribution is 2.18. The Hall–Kier alpha value is -3.80. The fourth-order valence-electron chi connectivity index (χ4n) is 3.39. The van der Waals surface area contributed by atoms with Gasteiger partial charge in [-0.3, -0.25) is 9.48 Å². The fourth-order valence-corrected chi connectivity index (χ4v) is 3.39. The predicted octanol–water partition coefficient (Wildman–Crippen LogP) is 5.28. The van der Waals surface area contributed by atoms with E-state index in [0.717, 1.165) is 28.3 Å². The molecule has 2 heterocycles. The molecular formula is C25H25N3O3. The van der Waals surface area contributed by atoms with Crippen LogP contribution in [0.3, 0.4) is 0 Å². The first-order chi connectivity index (χ1) is 15.0. The molecule has 1 amide bonds. The van der Waals surface area contributed by atoms with Crippen molar-refractivity contribution in [3.63, 3.8) is 0 Å². The Balaban J connectivity index is 1.38. The van der Waals surface area contributed by atoms with Crippen molar-refractivity contribution in [3.05, 3.63) is 101 Å². The molecule has 0 spiro atoms. The van der Waals surface area contributed by atoms with E-state index in [0.29, 0.717) is 18.0 Å². The number of benzene rings is 2. The third-order valence-corrected chi connectivity index (χ3v) is 4.88. The van der Waals surface area contributed by atoms with Gasteiger partial charge in [-0.05, 0) is 74.4 Å². The number of carbonyl (C=O) groups is 1. The van der Waals surface area contributed by atoms with E-state index in [1.807, 2.05) is 80.1 Å². The number of anilines is 1. The van der Waals surface area contributed by atoms with Crippen molar-refractivity contribution in [2.24, 2.45) is 0 Å². The molecule has 0 aliphatic heterocycles. The van der Waals surface area contributed by atoms with Crippen LogP contribution in [0, 0.1) is 20.8 Å². The number of aromatic nitrogens is 2. The molecule has 0 saturated carbocycles. The summed E-state index contributed by atoms with van der Waals surface area (Å²) in [5, 5.41) is 7.39. The molecule has 0 fully saturated rings. The van der Waals surface area contributed by atoms with E-state index >= 15 is 0 Å². The average Bonchev–Trinajstić information content (AvgIpc) is 3.33. The lowest BCUT2D eigenvalue weighted by Gasteiger charge is -2.08. The Morgan fingerprint density at radius 2 is 1.87 bits per heavy atom. The van der Waals surface area contributed by atoms with Gasteiger partial charge in [0.05, 0.1) is 12.2 Å². The first-order valence-corrected chi connectivity index (χ1v) is 10.2. The zero-order valence-corrected chi connectivity index (χ0v) is 17.9. The molecule has 6 nitrogen and oxygen atoms in total. The Bertz CT molecular complexity index is 1210. The van der Waals surface area contributed by atoms with E-state index in [-0.39, 0.29) is 18.3 Å². The van der Waals surface area contributed by atoms with Gasteiger partial charge in [-0.2, -0.15) is 5.10 Å². The van der Waals surface area contributed by atoms with Crippen LogP contribution in [0.25, 0.3) is 0 Å². The number of nitrogens with zero attached hydrogens (tertiary/aromatic N) is 2. The van der Waals surface area contributed by atoms with Crippen LogP contribution < -0.4 is 10.1 Å². The Kier molecular flexibility index (Phi) is 5.89. The van der Waals surface area contributed by atoms with Gasteiger partial charge in [-0.15, -0.1) is 0 Å². The number of aryl methyl sites for hydroxylation is 3. The van der Waals surface area contributed by atoms with E-state index in [2.05, 4.69) is 10.4 Å². The molecule has 0 radical (unpaired) electrons. The summed E-state index contributed by atoms with van der Waals surface area (Å²) in [6.45, 7) is 6.92. The lowest BCUT2D eigenvalue weighted by atomic mass is 10.2. The number of hydrogen-bond donors (Lipinski definition) is 1. The highest BCUT2D eigenvalue weighted by molar-refractivity contribution is 6.02. The minimum absolute atomic E-state index is 0.242. The third kappa shape index (κ3) is 5.22. The summed E-state index contributed by atoms with van der Waals surface area (Å²) in [6.07, 6.45) is 0. The van der Waals surface area contributed by atoms with Gasteiger partial charge in [0.15, 0.2) is 5.76 Å². The second-order valence-corrected chi connectivity index (χ2v) is 7.61. The minimum atomic E-state index is -0.301. The first-order valence-electron chi connectivity index (χ1n) is 10.2. The number of nitrogens with one attached hydrogen (secondary N) is 1. The van der Waals surface area contributed by atoms with E-state index < -0.39 is 0 Å². The average molecular weight is 415 g/mol. The summed E-state index contributed by atoms with van der Waals surface area (Å²) in [7, 11) is 0. The molecule has 4 aromatic rings.